The average molecular weight is 1090 g/mol. The highest BCUT2D eigenvalue weighted by Gasteiger charge is 2.48. The largest absolute Gasteiger partial charge is 0.501 e. The van der Waals surface area contributed by atoms with Gasteiger partial charge in [0.1, 0.15) is 27.6 Å². The number of anilines is 3. The summed E-state index contributed by atoms with van der Waals surface area (Å²) in [5.74, 6) is -1.01. The first-order chi connectivity index (χ1) is 35.4. The zero-order valence-electron chi connectivity index (χ0n) is 42.1. The van der Waals surface area contributed by atoms with Gasteiger partial charge in [0.2, 0.25) is 0 Å². The van der Waals surface area contributed by atoms with E-state index in [0.717, 1.165) is 34.5 Å². The number of fused-ring (bicyclic) bond motifs is 1. The predicted molar refractivity (Wildman–Crippen MR) is 283 cm³/mol. The summed E-state index contributed by atoms with van der Waals surface area (Å²) in [6, 6.07) is 24.5. The number of sulfone groups is 1. The Bertz CT molecular complexity index is 3270. The highest BCUT2D eigenvalue weighted by atomic mass is 35.5. The molecule has 8 rings (SSSR count). The Labute approximate surface area is 439 Å². The van der Waals surface area contributed by atoms with Crippen LogP contribution in [0.1, 0.15) is 43.1 Å². The van der Waals surface area contributed by atoms with Crippen molar-refractivity contribution < 1.29 is 49.1 Å². The minimum atomic E-state index is -6.05. The molecule has 2 aliphatic rings. The van der Waals surface area contributed by atoms with E-state index < -0.39 is 52.4 Å². The summed E-state index contributed by atoms with van der Waals surface area (Å²) in [7, 11) is -7.44. The second-order valence-corrected chi connectivity index (χ2v) is 23.6. The number of aromatic nitrogens is 2. The Hall–Kier alpha value is -6.59. The topological polar surface area (TPSA) is 190 Å². The molecule has 4 aromatic carbocycles. The first-order valence-corrected chi connectivity index (χ1v) is 27.5. The fourth-order valence-electron chi connectivity index (χ4n) is 8.80. The summed E-state index contributed by atoms with van der Waals surface area (Å²) in [5, 5.41) is 3.99. The molecule has 0 aliphatic carbocycles. The first-order valence-electron chi connectivity index (χ1n) is 24.2. The molecule has 4 heterocycles. The molecule has 6 aromatic rings. The van der Waals surface area contributed by atoms with Crippen LogP contribution >= 0.6 is 11.6 Å². The van der Waals surface area contributed by atoms with Crippen molar-refractivity contribution in [2.45, 2.75) is 54.6 Å². The number of amides is 2. The number of hydrogen-bond acceptors (Lipinski definition) is 14. The number of halogens is 4. The summed E-state index contributed by atoms with van der Waals surface area (Å²) < 4.78 is 109. The second-order valence-electron chi connectivity index (χ2n) is 19.6. The van der Waals surface area contributed by atoms with E-state index in [1.165, 1.54) is 12.3 Å². The Balaban J connectivity index is 1.02. The van der Waals surface area contributed by atoms with Gasteiger partial charge >= 0.3 is 11.6 Å². The van der Waals surface area contributed by atoms with Crippen LogP contribution in [0.3, 0.4) is 0 Å². The van der Waals surface area contributed by atoms with Gasteiger partial charge < -0.3 is 39.4 Å². The SMILES string of the molecule is CN(C)CCCNc1ccc(S(=O)(=O)NC(=O)c2ccc(N3CCN(Cc4cc(N5CCN(C(=O)OC(C)(C)C)CC5)ccc4-c4ccc(Cl)cc4)CC3)cc2Oc2cnc3[nH]ccc3c2)cc1S(=O)(=O)C(F)(F)F. The van der Waals surface area contributed by atoms with Crippen LogP contribution in [0, 0.1) is 0 Å². The molecule has 0 radical (unpaired) electrons. The van der Waals surface area contributed by atoms with Crippen molar-refractivity contribution >= 4 is 71.6 Å². The molecule has 2 saturated heterocycles. The minimum absolute atomic E-state index is 0.0479. The van der Waals surface area contributed by atoms with Gasteiger partial charge in [0.15, 0.2) is 0 Å². The van der Waals surface area contributed by atoms with Crippen molar-refractivity contribution in [3.05, 3.63) is 120 Å². The number of carbonyl (C=O) groups excluding carboxylic acids is 2. The third-order valence-corrected chi connectivity index (χ3v) is 15.8. The lowest BCUT2D eigenvalue weighted by Gasteiger charge is -2.38. The number of sulfonamides is 1. The van der Waals surface area contributed by atoms with Gasteiger partial charge in [0.25, 0.3) is 25.8 Å². The van der Waals surface area contributed by atoms with E-state index >= 15 is 0 Å². The molecule has 23 heteroatoms. The molecule has 75 heavy (non-hydrogen) atoms. The van der Waals surface area contributed by atoms with E-state index in [1.807, 2.05) is 54.7 Å². The van der Waals surface area contributed by atoms with Crippen LogP contribution in [0.5, 0.6) is 11.5 Å². The van der Waals surface area contributed by atoms with E-state index in [0.29, 0.717) is 99.7 Å². The summed E-state index contributed by atoms with van der Waals surface area (Å²) >= 11 is 6.29. The summed E-state index contributed by atoms with van der Waals surface area (Å²) in [5.41, 5.74) is -1.58. The van der Waals surface area contributed by atoms with E-state index in [4.69, 9.17) is 21.1 Å². The maximum Gasteiger partial charge on any atom is 0.501 e. The van der Waals surface area contributed by atoms with E-state index in [2.05, 4.69) is 48.2 Å². The Morgan fingerprint density at radius 2 is 1.48 bits per heavy atom. The number of nitrogens with zero attached hydrogens (tertiary/aromatic N) is 6. The van der Waals surface area contributed by atoms with Crippen molar-refractivity contribution in [1.29, 1.82) is 0 Å². The normalized spacial score (nSPS) is 15.1. The summed E-state index contributed by atoms with van der Waals surface area (Å²) in [6.07, 6.45) is 3.23. The number of benzene rings is 4. The Morgan fingerprint density at radius 1 is 0.813 bits per heavy atom. The van der Waals surface area contributed by atoms with E-state index in [9.17, 15) is 39.6 Å². The molecular formula is C52H59ClF3N9O8S2. The number of alkyl halides is 3. The van der Waals surface area contributed by atoms with Crippen molar-refractivity contribution in [2.75, 3.05) is 94.7 Å². The van der Waals surface area contributed by atoms with Gasteiger partial charge in [-0.05, 0) is 131 Å². The van der Waals surface area contributed by atoms with E-state index in [1.54, 1.807) is 49.5 Å². The zero-order chi connectivity index (χ0) is 53.9. The number of carbonyl (C=O) groups is 2. The van der Waals surface area contributed by atoms with Crippen molar-refractivity contribution in [3.8, 4) is 22.6 Å². The number of piperazine rings is 2. The maximum atomic E-state index is 14.1. The molecule has 2 aromatic heterocycles. The molecular weight excluding hydrogens is 1040 g/mol. The first kappa shape index (κ1) is 54.7. The lowest BCUT2D eigenvalue weighted by molar-refractivity contribution is -0.0436. The molecule has 0 bridgehead atoms. The predicted octanol–water partition coefficient (Wildman–Crippen LogP) is 8.83. The smallest absolute Gasteiger partial charge is 0.455 e. The average Bonchev–Trinajstić information content (AvgIpc) is 3.84. The van der Waals surface area contributed by atoms with Gasteiger partial charge in [0.05, 0.1) is 22.3 Å². The van der Waals surface area contributed by atoms with Gasteiger partial charge in [-0.3, -0.25) is 9.69 Å². The zero-order valence-corrected chi connectivity index (χ0v) is 44.5. The second kappa shape index (κ2) is 22.3. The number of pyridine rings is 1. The molecule has 17 nitrogen and oxygen atoms in total. The molecule has 0 atom stereocenters. The lowest BCUT2D eigenvalue weighted by Crippen LogP contribution is -2.50. The van der Waals surface area contributed by atoms with Gasteiger partial charge in [-0.25, -0.2) is 31.3 Å². The van der Waals surface area contributed by atoms with E-state index in [-0.39, 0.29) is 29.7 Å². The quantitative estimate of drug-likeness (QED) is 0.0780. The number of aromatic amines is 1. The highest BCUT2D eigenvalue weighted by Crippen LogP contribution is 2.37. The standard InChI is InChI=1S/C52H59ClF3N9O8S2/c1-51(2,3)73-50(67)65-27-25-64(26-28-65)39-11-14-43(35-7-9-38(53)10-8-35)37(29-39)34-62-21-23-63(24-22-62)40-12-15-44(46(31-40)72-41-30-36-17-19-58-48(36)59-33-41)49(66)60-75(70,71)42-13-16-45(57-18-6-20-61(4)5)47(32-42)74(68,69)52(54,55)56/h7-17,19,29-33,57H,6,18,20-28,34H2,1-5H3,(H,58,59)(H,60,66). The number of ether oxygens (including phenoxy) is 2. The van der Waals surface area contributed by atoms with Crippen LogP contribution in [0.25, 0.3) is 22.2 Å². The molecule has 0 spiro atoms. The molecule has 0 unspecified atom stereocenters. The van der Waals surface area contributed by atoms with Gasteiger partial charge in [-0.15, -0.1) is 0 Å². The van der Waals surface area contributed by atoms with Crippen molar-refractivity contribution in [3.63, 3.8) is 0 Å². The number of hydrogen-bond donors (Lipinski definition) is 3. The molecule has 400 valence electrons. The molecule has 0 saturated carbocycles. The van der Waals surface area contributed by atoms with Gasteiger partial charge in [0, 0.05) is 99.5 Å². The third kappa shape index (κ3) is 13.3. The fraction of sp³-hybridized carbons (Fsp3) is 0.365. The molecule has 3 N–H and O–H groups in total. The Kier molecular flexibility index (Phi) is 16.3. The molecule has 2 amide bonds. The lowest BCUT2D eigenvalue weighted by atomic mass is 9.98. The van der Waals surface area contributed by atoms with Gasteiger partial charge in [-0.2, -0.15) is 13.2 Å². The van der Waals surface area contributed by atoms with Crippen LogP contribution in [0.15, 0.2) is 113 Å². The van der Waals surface area contributed by atoms with Gasteiger partial charge in [-0.1, -0.05) is 29.8 Å². The number of rotatable bonds is 16. The van der Waals surface area contributed by atoms with Crippen LogP contribution in [-0.2, 0) is 31.1 Å². The molecule has 2 aliphatic heterocycles. The van der Waals surface area contributed by atoms with Crippen LogP contribution in [0.2, 0.25) is 5.02 Å². The number of H-pyrrole nitrogens is 1. The molecule has 2 fully saturated rings. The summed E-state index contributed by atoms with van der Waals surface area (Å²) in [6.45, 7) is 11.5. The van der Waals surface area contributed by atoms with Crippen LogP contribution in [0.4, 0.5) is 35.0 Å². The third-order valence-electron chi connectivity index (χ3n) is 12.7. The van der Waals surface area contributed by atoms with Crippen molar-refractivity contribution in [2.24, 2.45) is 0 Å². The van der Waals surface area contributed by atoms with Crippen molar-refractivity contribution in [1.82, 2.24) is 29.4 Å². The maximum absolute atomic E-state index is 14.1. The minimum Gasteiger partial charge on any atom is -0.455 e. The fourth-order valence-corrected chi connectivity index (χ4v) is 11.0. The monoisotopic (exact) mass is 1090 g/mol. The van der Waals surface area contributed by atoms with Crippen LogP contribution in [-0.4, -0.2) is 144 Å². The summed E-state index contributed by atoms with van der Waals surface area (Å²) in [4.78, 5) is 42.3. The highest BCUT2D eigenvalue weighted by molar-refractivity contribution is 7.92. The number of nitrogens with one attached hydrogen (secondary N) is 3. The Morgan fingerprint density at radius 3 is 2.15 bits per heavy atom. The van der Waals surface area contributed by atoms with Crippen LogP contribution < -0.4 is 24.6 Å².